The third kappa shape index (κ3) is 4.37. The van der Waals surface area contributed by atoms with Gasteiger partial charge in [0.2, 0.25) is 0 Å². The van der Waals surface area contributed by atoms with E-state index in [9.17, 15) is 9.18 Å². The van der Waals surface area contributed by atoms with Crippen molar-refractivity contribution in [1.29, 1.82) is 0 Å². The number of carbonyl (C=O) groups excluding carboxylic acids is 1. The predicted molar refractivity (Wildman–Crippen MR) is 106 cm³/mol. The molecule has 3 aromatic rings. The van der Waals surface area contributed by atoms with Gasteiger partial charge in [-0.05, 0) is 36.2 Å². The first-order valence-corrected chi connectivity index (χ1v) is 8.98. The fourth-order valence-corrected chi connectivity index (χ4v) is 3.17. The number of aryl methyl sites for hydroxylation is 1. The van der Waals surface area contributed by atoms with Crippen molar-refractivity contribution >= 4 is 28.5 Å². The van der Waals surface area contributed by atoms with Crippen molar-refractivity contribution in [3.05, 3.63) is 76.2 Å². The first-order valence-electron chi connectivity index (χ1n) is 8.60. The number of amides is 2. The second kappa shape index (κ2) is 7.92. The molecule has 0 aliphatic heterocycles. The molecule has 0 saturated heterocycles. The van der Waals surface area contributed by atoms with E-state index in [0.717, 1.165) is 27.6 Å². The molecule has 1 aromatic heterocycles. The van der Waals surface area contributed by atoms with Crippen LogP contribution in [0.2, 0.25) is 5.15 Å². The highest BCUT2D eigenvalue weighted by Gasteiger charge is 2.19. The van der Waals surface area contributed by atoms with Gasteiger partial charge in [0.15, 0.2) is 0 Å². The number of urea groups is 1. The maximum Gasteiger partial charge on any atom is 0.320 e. The van der Waals surface area contributed by atoms with Gasteiger partial charge in [-0.1, -0.05) is 41.9 Å². The Morgan fingerprint density at radius 1 is 1.11 bits per heavy atom. The molecule has 0 radical (unpaired) electrons. The monoisotopic (exact) mass is 385 g/mol. The third-order valence-corrected chi connectivity index (χ3v) is 4.70. The van der Waals surface area contributed by atoms with E-state index >= 15 is 0 Å². The molecule has 0 aliphatic carbocycles. The van der Waals surface area contributed by atoms with Gasteiger partial charge in [0.05, 0.1) is 12.1 Å². The quantitative estimate of drug-likeness (QED) is 0.591. The van der Waals surface area contributed by atoms with E-state index in [2.05, 4.69) is 4.98 Å². The van der Waals surface area contributed by atoms with Crippen LogP contribution in [0.3, 0.4) is 0 Å². The highest BCUT2D eigenvalue weighted by Crippen LogP contribution is 2.25. The Balaban J connectivity index is 1.93. The number of hydrogen-bond donors (Lipinski definition) is 0. The van der Waals surface area contributed by atoms with E-state index in [4.69, 9.17) is 11.6 Å². The molecule has 27 heavy (non-hydrogen) atoms. The van der Waals surface area contributed by atoms with Gasteiger partial charge in [-0.15, -0.1) is 0 Å². The highest BCUT2D eigenvalue weighted by molar-refractivity contribution is 6.30. The first kappa shape index (κ1) is 19.1. The summed E-state index contributed by atoms with van der Waals surface area (Å²) in [6.07, 6.45) is 0. The van der Waals surface area contributed by atoms with Crippen molar-refractivity contribution in [3.8, 4) is 0 Å². The van der Waals surface area contributed by atoms with Gasteiger partial charge in [0, 0.05) is 31.6 Å². The molecular formula is C21H21ClFN3O. The number of rotatable bonds is 4. The van der Waals surface area contributed by atoms with Gasteiger partial charge in [0.1, 0.15) is 11.0 Å². The molecule has 6 heteroatoms. The van der Waals surface area contributed by atoms with Gasteiger partial charge in [-0.25, -0.2) is 14.2 Å². The Morgan fingerprint density at radius 3 is 2.48 bits per heavy atom. The number of carbonyl (C=O) groups is 1. The van der Waals surface area contributed by atoms with Crippen molar-refractivity contribution in [2.24, 2.45) is 0 Å². The zero-order valence-corrected chi connectivity index (χ0v) is 16.3. The summed E-state index contributed by atoms with van der Waals surface area (Å²) in [4.78, 5) is 20.4. The molecule has 3 rings (SSSR count). The zero-order chi connectivity index (χ0) is 19.6. The first-order chi connectivity index (χ1) is 12.8. The largest absolute Gasteiger partial charge is 0.331 e. The maximum atomic E-state index is 13.2. The van der Waals surface area contributed by atoms with Crippen molar-refractivity contribution in [2.75, 3.05) is 14.1 Å². The number of para-hydroxylation sites is 1. The van der Waals surface area contributed by atoms with E-state index in [1.165, 1.54) is 17.0 Å². The Hall–Kier alpha value is -2.66. The lowest BCUT2D eigenvalue weighted by molar-refractivity contribution is 0.165. The van der Waals surface area contributed by atoms with Crippen LogP contribution in [0.4, 0.5) is 9.18 Å². The highest BCUT2D eigenvalue weighted by atomic mass is 35.5. The van der Waals surface area contributed by atoms with Crippen LogP contribution in [-0.2, 0) is 13.1 Å². The van der Waals surface area contributed by atoms with E-state index in [1.807, 2.05) is 31.2 Å². The van der Waals surface area contributed by atoms with Gasteiger partial charge < -0.3 is 9.80 Å². The average Bonchev–Trinajstić information content (AvgIpc) is 2.63. The van der Waals surface area contributed by atoms with Gasteiger partial charge >= 0.3 is 6.03 Å². The third-order valence-electron chi connectivity index (χ3n) is 4.37. The van der Waals surface area contributed by atoms with Crippen LogP contribution in [0.1, 0.15) is 16.7 Å². The molecule has 0 saturated carbocycles. The maximum absolute atomic E-state index is 13.2. The number of halogens is 2. The molecule has 0 fully saturated rings. The summed E-state index contributed by atoms with van der Waals surface area (Å²) in [7, 11) is 3.40. The van der Waals surface area contributed by atoms with Crippen LogP contribution >= 0.6 is 11.6 Å². The fourth-order valence-electron chi connectivity index (χ4n) is 2.97. The summed E-state index contributed by atoms with van der Waals surface area (Å²) in [5.41, 5.74) is 3.52. The molecule has 0 unspecified atom stereocenters. The predicted octanol–water partition coefficient (Wildman–Crippen LogP) is 5.02. The molecule has 2 aromatic carbocycles. The molecule has 0 bridgehead atoms. The number of pyridine rings is 1. The second-order valence-corrected chi connectivity index (χ2v) is 7.10. The number of aromatic nitrogens is 1. The number of hydrogen-bond acceptors (Lipinski definition) is 2. The van der Waals surface area contributed by atoms with E-state index in [0.29, 0.717) is 18.2 Å². The van der Waals surface area contributed by atoms with Crippen molar-refractivity contribution in [1.82, 2.24) is 14.8 Å². The molecule has 2 amide bonds. The van der Waals surface area contributed by atoms with Crippen LogP contribution in [0.5, 0.6) is 0 Å². The normalized spacial score (nSPS) is 10.9. The molecule has 0 aliphatic rings. The van der Waals surface area contributed by atoms with Gasteiger partial charge in [-0.2, -0.15) is 0 Å². The minimum absolute atomic E-state index is 0.153. The molecule has 4 nitrogen and oxygen atoms in total. The lowest BCUT2D eigenvalue weighted by Gasteiger charge is -2.26. The van der Waals surface area contributed by atoms with Crippen molar-refractivity contribution in [2.45, 2.75) is 20.0 Å². The Morgan fingerprint density at radius 2 is 1.81 bits per heavy atom. The molecule has 0 N–H and O–H groups in total. The number of benzene rings is 2. The van der Waals surface area contributed by atoms with E-state index in [1.54, 1.807) is 31.1 Å². The molecule has 140 valence electrons. The number of nitrogens with zero attached hydrogens (tertiary/aromatic N) is 3. The van der Waals surface area contributed by atoms with Crippen LogP contribution in [0.25, 0.3) is 10.9 Å². The summed E-state index contributed by atoms with van der Waals surface area (Å²) in [5, 5.41) is 1.36. The van der Waals surface area contributed by atoms with Crippen molar-refractivity contribution < 1.29 is 9.18 Å². The summed E-state index contributed by atoms with van der Waals surface area (Å²) in [6.45, 7) is 2.64. The number of fused-ring (bicyclic) bond motifs is 1. The SMILES string of the molecule is Cc1cccc2cc(CN(Cc3ccc(F)cc3)C(=O)N(C)C)c(Cl)nc12. The lowest BCUT2D eigenvalue weighted by atomic mass is 10.1. The van der Waals surface area contributed by atoms with E-state index < -0.39 is 0 Å². The minimum Gasteiger partial charge on any atom is -0.331 e. The Kier molecular flexibility index (Phi) is 5.61. The Labute approximate surface area is 163 Å². The van der Waals surface area contributed by atoms with Gasteiger partial charge in [0.25, 0.3) is 0 Å². The average molecular weight is 386 g/mol. The smallest absolute Gasteiger partial charge is 0.320 e. The minimum atomic E-state index is -0.304. The molecule has 0 spiro atoms. The van der Waals surface area contributed by atoms with Crippen LogP contribution in [0.15, 0.2) is 48.5 Å². The molecule has 1 heterocycles. The van der Waals surface area contributed by atoms with Crippen LogP contribution in [-0.4, -0.2) is 34.9 Å². The fraction of sp³-hybridized carbons (Fsp3) is 0.238. The topological polar surface area (TPSA) is 36.4 Å². The van der Waals surface area contributed by atoms with E-state index in [-0.39, 0.29) is 11.8 Å². The zero-order valence-electron chi connectivity index (χ0n) is 15.5. The van der Waals surface area contributed by atoms with Gasteiger partial charge in [-0.3, -0.25) is 0 Å². The summed E-state index contributed by atoms with van der Waals surface area (Å²) < 4.78 is 13.2. The Bertz CT molecular complexity index is 973. The standard InChI is InChI=1S/C21H21ClFN3O/c1-14-5-4-6-16-11-17(20(22)24-19(14)16)13-26(21(27)25(2)3)12-15-7-9-18(23)10-8-15/h4-11H,12-13H2,1-3H3. The summed E-state index contributed by atoms with van der Waals surface area (Å²) in [5.74, 6) is -0.304. The van der Waals surface area contributed by atoms with Crippen LogP contribution < -0.4 is 0 Å². The summed E-state index contributed by atoms with van der Waals surface area (Å²) >= 11 is 6.42. The van der Waals surface area contributed by atoms with Crippen LogP contribution in [0, 0.1) is 12.7 Å². The second-order valence-electron chi connectivity index (χ2n) is 6.74. The van der Waals surface area contributed by atoms with Crippen molar-refractivity contribution in [3.63, 3.8) is 0 Å². The lowest BCUT2D eigenvalue weighted by Crippen LogP contribution is -2.38. The molecule has 0 atom stereocenters. The molecular weight excluding hydrogens is 365 g/mol. The summed E-state index contributed by atoms with van der Waals surface area (Å²) in [6, 6.07) is 13.9.